The van der Waals surface area contributed by atoms with E-state index in [4.69, 9.17) is 9.84 Å². The van der Waals surface area contributed by atoms with E-state index in [-0.39, 0.29) is 0 Å². The minimum atomic E-state index is -1.10. The topological polar surface area (TPSA) is 63.6 Å². The number of ether oxygens (including phenoxy) is 1. The Bertz CT molecular complexity index is 161. The first-order valence-electron chi connectivity index (χ1n) is 3.13. The number of thioether (sulfide) groups is 1. The van der Waals surface area contributed by atoms with Crippen molar-refractivity contribution in [2.75, 3.05) is 5.75 Å². The normalized spacial score (nSPS) is 33.2. The number of carbonyl (C=O) groups excluding carboxylic acids is 2. The van der Waals surface area contributed by atoms with Gasteiger partial charge in [-0.3, -0.25) is 4.79 Å². The molecule has 0 radical (unpaired) electrons. The van der Waals surface area contributed by atoms with Crippen LogP contribution in [0.5, 0.6) is 0 Å². The van der Waals surface area contributed by atoms with Gasteiger partial charge in [0, 0.05) is 5.75 Å². The molecule has 1 aliphatic rings. The zero-order chi connectivity index (χ0) is 8.27. The van der Waals surface area contributed by atoms with Gasteiger partial charge in [0.05, 0.1) is 0 Å². The molecular formula is C6H8O4S. The second-order valence-electron chi connectivity index (χ2n) is 2.14. The number of hydrogen-bond donors (Lipinski definition) is 1. The van der Waals surface area contributed by atoms with Crippen LogP contribution in [0.15, 0.2) is 0 Å². The van der Waals surface area contributed by atoms with E-state index in [1.807, 2.05) is 0 Å². The third kappa shape index (κ3) is 2.02. The molecule has 1 fully saturated rings. The van der Waals surface area contributed by atoms with Crippen molar-refractivity contribution < 1.29 is 19.4 Å². The Balaban J connectivity index is 2.40. The smallest absolute Gasteiger partial charge is 0.159 e. The van der Waals surface area contributed by atoms with Gasteiger partial charge >= 0.3 is 0 Å². The largest absolute Gasteiger partial charge is 0.383 e. The van der Waals surface area contributed by atoms with Crippen LogP contribution in [-0.4, -0.2) is 41.1 Å². The summed E-state index contributed by atoms with van der Waals surface area (Å²) in [5.41, 5.74) is -0.519. The van der Waals surface area contributed by atoms with Crippen LogP contribution in [0.2, 0.25) is 0 Å². The molecular weight excluding hydrogens is 168 g/mol. The van der Waals surface area contributed by atoms with Gasteiger partial charge in [0.25, 0.3) is 0 Å². The Kier molecular flexibility index (Phi) is 3.04. The van der Waals surface area contributed by atoms with Gasteiger partial charge in [-0.1, -0.05) is 0 Å². The molecule has 62 valence electrons. The lowest BCUT2D eigenvalue weighted by Gasteiger charge is -2.10. The Morgan fingerprint density at radius 2 is 2.36 bits per heavy atom. The molecule has 0 amide bonds. The van der Waals surface area contributed by atoms with Crippen molar-refractivity contribution in [3.63, 3.8) is 0 Å². The Hall–Kier alpha value is -0.390. The highest BCUT2D eigenvalue weighted by Crippen LogP contribution is 2.24. The summed E-state index contributed by atoms with van der Waals surface area (Å²) in [4.78, 5) is 20.2. The van der Waals surface area contributed by atoms with Crippen LogP contribution in [-0.2, 0) is 14.3 Å². The van der Waals surface area contributed by atoms with Gasteiger partial charge in [-0.05, 0) is 0 Å². The lowest BCUT2D eigenvalue weighted by Crippen LogP contribution is -2.29. The SMILES string of the molecule is O=C[C@@H]1O[C@H]([C@H](O)C=O)CS1. The fourth-order valence-electron chi connectivity index (χ4n) is 0.779. The van der Waals surface area contributed by atoms with Crippen molar-refractivity contribution in [3.05, 3.63) is 0 Å². The Morgan fingerprint density at radius 3 is 2.82 bits per heavy atom. The fourth-order valence-corrected chi connectivity index (χ4v) is 1.73. The maximum absolute atomic E-state index is 10.1. The van der Waals surface area contributed by atoms with Gasteiger partial charge in [-0.15, -0.1) is 11.8 Å². The number of rotatable bonds is 3. The number of carbonyl (C=O) groups is 2. The molecule has 0 unspecified atom stereocenters. The van der Waals surface area contributed by atoms with Crippen LogP contribution in [0, 0.1) is 0 Å². The molecule has 1 rings (SSSR count). The standard InChI is InChI=1S/C6H8O4S/c7-1-4(9)5-3-11-6(2-8)10-5/h1-2,4-6,9H,3H2/t4-,5+,6-/m1/s1. The average Bonchev–Trinajstić information content (AvgIpc) is 2.50. The number of aldehydes is 2. The average molecular weight is 176 g/mol. The minimum absolute atomic E-state index is 0.415. The molecule has 0 spiro atoms. The van der Waals surface area contributed by atoms with Gasteiger partial charge in [0.2, 0.25) is 0 Å². The van der Waals surface area contributed by atoms with Gasteiger partial charge in [0.15, 0.2) is 18.0 Å². The highest BCUT2D eigenvalue weighted by molar-refractivity contribution is 8.00. The highest BCUT2D eigenvalue weighted by atomic mass is 32.2. The van der Waals surface area contributed by atoms with Crippen LogP contribution in [0.1, 0.15) is 0 Å². The van der Waals surface area contributed by atoms with Crippen molar-refractivity contribution in [1.82, 2.24) is 0 Å². The summed E-state index contributed by atoms with van der Waals surface area (Å²) in [6.45, 7) is 0. The molecule has 0 saturated carbocycles. The van der Waals surface area contributed by atoms with E-state index in [0.29, 0.717) is 18.3 Å². The van der Waals surface area contributed by atoms with E-state index in [0.717, 1.165) is 0 Å². The summed E-state index contributed by atoms with van der Waals surface area (Å²) < 4.78 is 4.98. The van der Waals surface area contributed by atoms with Crippen LogP contribution >= 0.6 is 11.8 Å². The predicted molar refractivity (Wildman–Crippen MR) is 39.3 cm³/mol. The Morgan fingerprint density at radius 1 is 1.64 bits per heavy atom. The van der Waals surface area contributed by atoms with E-state index in [9.17, 15) is 9.59 Å². The first kappa shape index (κ1) is 8.70. The molecule has 0 aliphatic carbocycles. The van der Waals surface area contributed by atoms with Crippen molar-refractivity contribution in [1.29, 1.82) is 0 Å². The van der Waals surface area contributed by atoms with E-state index < -0.39 is 17.6 Å². The second-order valence-corrected chi connectivity index (χ2v) is 3.27. The molecule has 5 heteroatoms. The third-order valence-electron chi connectivity index (χ3n) is 1.37. The lowest BCUT2D eigenvalue weighted by molar-refractivity contribution is -0.126. The summed E-state index contributed by atoms with van der Waals surface area (Å²) in [5.74, 6) is 0.489. The summed E-state index contributed by atoms with van der Waals surface area (Å²) in [6.07, 6.45) is -0.555. The summed E-state index contributed by atoms with van der Waals surface area (Å²) in [6, 6.07) is 0. The van der Waals surface area contributed by atoms with Crippen LogP contribution < -0.4 is 0 Å². The molecule has 1 heterocycles. The van der Waals surface area contributed by atoms with Crippen LogP contribution in [0.3, 0.4) is 0 Å². The highest BCUT2D eigenvalue weighted by Gasteiger charge is 2.30. The first-order valence-corrected chi connectivity index (χ1v) is 4.18. The summed E-state index contributed by atoms with van der Waals surface area (Å²) >= 11 is 1.28. The van der Waals surface area contributed by atoms with Crippen molar-refractivity contribution in [3.8, 4) is 0 Å². The maximum atomic E-state index is 10.1. The first-order chi connectivity index (χ1) is 5.27. The Labute approximate surface area is 67.9 Å². The predicted octanol–water partition coefficient (Wildman–Crippen LogP) is -0.797. The number of aliphatic hydroxyl groups is 1. The lowest BCUT2D eigenvalue weighted by atomic mass is 10.2. The van der Waals surface area contributed by atoms with Crippen molar-refractivity contribution >= 4 is 24.3 Å². The van der Waals surface area contributed by atoms with E-state index in [2.05, 4.69) is 0 Å². The molecule has 1 N–H and O–H groups in total. The molecule has 0 bridgehead atoms. The number of aliphatic hydroxyl groups excluding tert-OH is 1. The van der Waals surface area contributed by atoms with Gasteiger partial charge in [0.1, 0.15) is 12.2 Å². The number of hydrogen-bond acceptors (Lipinski definition) is 5. The van der Waals surface area contributed by atoms with E-state index in [1.165, 1.54) is 11.8 Å². The quantitative estimate of drug-likeness (QED) is 0.570. The van der Waals surface area contributed by atoms with E-state index >= 15 is 0 Å². The maximum Gasteiger partial charge on any atom is 0.159 e. The fraction of sp³-hybridized carbons (Fsp3) is 0.667. The molecule has 3 atom stereocenters. The molecule has 0 aromatic rings. The monoisotopic (exact) mass is 176 g/mol. The molecule has 1 aliphatic heterocycles. The zero-order valence-corrected chi connectivity index (χ0v) is 6.49. The van der Waals surface area contributed by atoms with Crippen molar-refractivity contribution in [2.45, 2.75) is 17.6 Å². The minimum Gasteiger partial charge on any atom is -0.383 e. The molecule has 0 aromatic heterocycles. The molecule has 11 heavy (non-hydrogen) atoms. The van der Waals surface area contributed by atoms with Crippen LogP contribution in [0.25, 0.3) is 0 Å². The molecule has 0 aromatic carbocycles. The molecule has 1 saturated heterocycles. The van der Waals surface area contributed by atoms with Gasteiger partial charge in [-0.25, -0.2) is 0 Å². The van der Waals surface area contributed by atoms with Gasteiger partial charge < -0.3 is 14.6 Å². The second kappa shape index (κ2) is 3.85. The van der Waals surface area contributed by atoms with Crippen molar-refractivity contribution in [2.24, 2.45) is 0 Å². The molecule has 4 nitrogen and oxygen atoms in total. The zero-order valence-electron chi connectivity index (χ0n) is 5.67. The summed E-state index contributed by atoms with van der Waals surface area (Å²) in [5, 5.41) is 8.95. The van der Waals surface area contributed by atoms with E-state index in [1.54, 1.807) is 0 Å². The van der Waals surface area contributed by atoms with Crippen LogP contribution in [0.4, 0.5) is 0 Å². The summed E-state index contributed by atoms with van der Waals surface area (Å²) in [7, 11) is 0. The third-order valence-corrected chi connectivity index (χ3v) is 2.44. The van der Waals surface area contributed by atoms with Gasteiger partial charge in [-0.2, -0.15) is 0 Å².